The van der Waals surface area contributed by atoms with Crippen LogP contribution in [0, 0.1) is 0 Å². The molecule has 0 bridgehead atoms. The number of methoxy groups -OCH3 is 1. The molecule has 1 aliphatic rings. The Balaban J connectivity index is 1.95. The van der Waals surface area contributed by atoms with Crippen molar-refractivity contribution in [3.8, 4) is 5.75 Å². The summed E-state index contributed by atoms with van der Waals surface area (Å²) in [5, 5.41) is 3.85. The number of carbonyl (C=O) groups is 1. The number of aryl methyl sites for hydroxylation is 1. The van der Waals surface area contributed by atoms with E-state index >= 15 is 0 Å². The van der Waals surface area contributed by atoms with Gasteiger partial charge in [0.2, 0.25) is 0 Å². The van der Waals surface area contributed by atoms with Crippen LogP contribution in [0.4, 0.5) is 5.69 Å². The van der Waals surface area contributed by atoms with Crippen molar-refractivity contribution < 1.29 is 9.53 Å². The minimum atomic E-state index is -0.0154. The Hall–Kier alpha value is -2.00. The highest BCUT2D eigenvalue weighted by Crippen LogP contribution is 2.28. The zero-order chi connectivity index (χ0) is 14.8. The molecular formula is C17H16ClNO2. The van der Waals surface area contributed by atoms with E-state index in [0.29, 0.717) is 21.9 Å². The number of rotatable bonds is 3. The number of carbonyl (C=O) groups excluding carboxylic acids is 1. The Bertz CT molecular complexity index is 697. The summed E-state index contributed by atoms with van der Waals surface area (Å²) in [6.07, 6.45) is 2.10. The van der Waals surface area contributed by atoms with Gasteiger partial charge in [-0.05, 0) is 54.8 Å². The number of halogens is 1. The maximum atomic E-state index is 12.6. The van der Waals surface area contributed by atoms with Crippen LogP contribution in [0.5, 0.6) is 5.75 Å². The van der Waals surface area contributed by atoms with Gasteiger partial charge in [0.15, 0.2) is 5.78 Å². The second kappa shape index (κ2) is 5.78. The maximum absolute atomic E-state index is 12.6. The van der Waals surface area contributed by atoms with E-state index in [1.54, 1.807) is 25.3 Å². The van der Waals surface area contributed by atoms with Gasteiger partial charge in [0.05, 0.1) is 12.1 Å². The molecule has 1 aliphatic heterocycles. The number of fused-ring (bicyclic) bond motifs is 1. The topological polar surface area (TPSA) is 38.3 Å². The van der Waals surface area contributed by atoms with Crippen molar-refractivity contribution in [2.24, 2.45) is 0 Å². The molecule has 3 rings (SSSR count). The molecule has 0 radical (unpaired) electrons. The molecule has 4 heteroatoms. The van der Waals surface area contributed by atoms with Crippen molar-refractivity contribution in [3.05, 3.63) is 58.1 Å². The van der Waals surface area contributed by atoms with E-state index in [1.807, 2.05) is 18.2 Å². The van der Waals surface area contributed by atoms with Crippen molar-refractivity contribution in [1.29, 1.82) is 0 Å². The monoisotopic (exact) mass is 301 g/mol. The first-order valence-electron chi connectivity index (χ1n) is 6.94. The number of benzene rings is 2. The predicted molar refractivity (Wildman–Crippen MR) is 84.7 cm³/mol. The third-order valence-corrected chi connectivity index (χ3v) is 4.03. The van der Waals surface area contributed by atoms with Crippen LogP contribution < -0.4 is 10.1 Å². The fourth-order valence-corrected chi connectivity index (χ4v) is 2.78. The fourth-order valence-electron chi connectivity index (χ4n) is 2.58. The van der Waals surface area contributed by atoms with Gasteiger partial charge in [0.25, 0.3) is 0 Å². The Labute approximate surface area is 128 Å². The van der Waals surface area contributed by atoms with Crippen LogP contribution in [-0.4, -0.2) is 19.4 Å². The second-order valence-electron chi connectivity index (χ2n) is 5.08. The number of hydrogen-bond donors (Lipinski definition) is 1. The van der Waals surface area contributed by atoms with Gasteiger partial charge in [-0.3, -0.25) is 4.79 Å². The lowest BCUT2D eigenvalue weighted by Gasteiger charge is -2.18. The second-order valence-corrected chi connectivity index (χ2v) is 5.49. The highest BCUT2D eigenvalue weighted by molar-refractivity contribution is 6.32. The highest BCUT2D eigenvalue weighted by Gasteiger charge is 2.15. The molecule has 0 spiro atoms. The highest BCUT2D eigenvalue weighted by atomic mass is 35.5. The van der Waals surface area contributed by atoms with Gasteiger partial charge in [0, 0.05) is 23.4 Å². The first-order chi connectivity index (χ1) is 10.2. The largest absolute Gasteiger partial charge is 0.495 e. The Morgan fingerprint density at radius 2 is 1.95 bits per heavy atom. The molecule has 0 fully saturated rings. The standard InChI is InChI=1S/C17H16ClNO2/c1-21-16-10-13(4-6-14(16)18)17(20)12-5-7-15-11(9-12)3-2-8-19-15/h4-7,9-10,19H,2-3,8H2,1H3. The maximum Gasteiger partial charge on any atom is 0.193 e. The Morgan fingerprint density at radius 1 is 1.19 bits per heavy atom. The number of anilines is 1. The molecule has 2 aromatic carbocycles. The normalized spacial score (nSPS) is 13.2. The number of nitrogens with one attached hydrogen (secondary N) is 1. The molecule has 0 saturated heterocycles. The van der Waals surface area contributed by atoms with Crippen molar-refractivity contribution in [1.82, 2.24) is 0 Å². The SMILES string of the molecule is COc1cc(C(=O)c2ccc3c(c2)CCCN3)ccc1Cl. The van der Waals surface area contributed by atoms with Gasteiger partial charge in [0.1, 0.15) is 5.75 Å². The van der Waals surface area contributed by atoms with Crippen LogP contribution in [0.2, 0.25) is 5.02 Å². The fraction of sp³-hybridized carbons (Fsp3) is 0.235. The third kappa shape index (κ3) is 2.74. The summed E-state index contributed by atoms with van der Waals surface area (Å²) < 4.78 is 5.17. The molecule has 0 aliphatic carbocycles. The average molecular weight is 302 g/mol. The molecule has 0 atom stereocenters. The van der Waals surface area contributed by atoms with Crippen molar-refractivity contribution in [2.75, 3.05) is 19.0 Å². The van der Waals surface area contributed by atoms with Crippen LogP contribution in [0.3, 0.4) is 0 Å². The molecule has 3 nitrogen and oxygen atoms in total. The molecule has 0 amide bonds. The van der Waals surface area contributed by atoms with E-state index in [0.717, 1.165) is 25.1 Å². The number of ether oxygens (including phenoxy) is 1. The molecular weight excluding hydrogens is 286 g/mol. The first-order valence-corrected chi connectivity index (χ1v) is 7.32. The van der Waals surface area contributed by atoms with E-state index in [2.05, 4.69) is 5.32 Å². The Morgan fingerprint density at radius 3 is 2.76 bits per heavy atom. The lowest BCUT2D eigenvalue weighted by atomic mass is 9.96. The van der Waals surface area contributed by atoms with Crippen molar-refractivity contribution in [2.45, 2.75) is 12.8 Å². The molecule has 0 aromatic heterocycles. The molecule has 0 unspecified atom stereocenters. The summed E-state index contributed by atoms with van der Waals surface area (Å²) in [4.78, 5) is 12.6. The molecule has 1 N–H and O–H groups in total. The Kier molecular flexibility index (Phi) is 3.84. The van der Waals surface area contributed by atoms with Crippen LogP contribution in [-0.2, 0) is 6.42 Å². The third-order valence-electron chi connectivity index (χ3n) is 3.72. The van der Waals surface area contributed by atoms with Crippen molar-refractivity contribution >= 4 is 23.1 Å². The van der Waals surface area contributed by atoms with Crippen LogP contribution >= 0.6 is 11.6 Å². The van der Waals surface area contributed by atoms with Gasteiger partial charge in [-0.1, -0.05) is 11.6 Å². The van der Waals surface area contributed by atoms with Gasteiger partial charge < -0.3 is 10.1 Å². The molecule has 2 aromatic rings. The van der Waals surface area contributed by atoms with Gasteiger partial charge in [-0.25, -0.2) is 0 Å². The van der Waals surface area contributed by atoms with Crippen LogP contribution in [0.1, 0.15) is 27.9 Å². The quantitative estimate of drug-likeness (QED) is 0.873. The first kappa shape index (κ1) is 14.0. The van der Waals surface area contributed by atoms with E-state index < -0.39 is 0 Å². The summed E-state index contributed by atoms with van der Waals surface area (Å²) in [5.74, 6) is 0.500. The minimum absolute atomic E-state index is 0.0154. The summed E-state index contributed by atoms with van der Waals surface area (Å²) in [6, 6.07) is 10.9. The van der Waals surface area contributed by atoms with E-state index in [9.17, 15) is 4.79 Å². The smallest absolute Gasteiger partial charge is 0.193 e. The van der Waals surface area contributed by atoms with Gasteiger partial charge in [-0.15, -0.1) is 0 Å². The predicted octanol–water partition coefficient (Wildman–Crippen LogP) is 3.94. The van der Waals surface area contributed by atoms with Crippen LogP contribution in [0.25, 0.3) is 0 Å². The average Bonchev–Trinajstić information content (AvgIpc) is 2.54. The summed E-state index contributed by atoms with van der Waals surface area (Å²) in [5.41, 5.74) is 3.61. The molecule has 108 valence electrons. The lowest BCUT2D eigenvalue weighted by molar-refractivity contribution is 0.103. The summed E-state index contributed by atoms with van der Waals surface area (Å²) in [6.45, 7) is 0.995. The van der Waals surface area contributed by atoms with Crippen molar-refractivity contribution in [3.63, 3.8) is 0 Å². The van der Waals surface area contributed by atoms with E-state index in [1.165, 1.54) is 5.56 Å². The summed E-state index contributed by atoms with van der Waals surface area (Å²) in [7, 11) is 1.54. The lowest BCUT2D eigenvalue weighted by Crippen LogP contribution is -2.12. The zero-order valence-electron chi connectivity index (χ0n) is 11.8. The van der Waals surface area contributed by atoms with E-state index in [-0.39, 0.29) is 5.78 Å². The molecule has 21 heavy (non-hydrogen) atoms. The molecule has 1 heterocycles. The number of ketones is 1. The number of hydrogen-bond acceptors (Lipinski definition) is 3. The van der Waals surface area contributed by atoms with Gasteiger partial charge in [-0.2, -0.15) is 0 Å². The van der Waals surface area contributed by atoms with Crippen LogP contribution in [0.15, 0.2) is 36.4 Å². The van der Waals surface area contributed by atoms with E-state index in [4.69, 9.17) is 16.3 Å². The zero-order valence-corrected chi connectivity index (χ0v) is 12.5. The molecule has 0 saturated carbocycles. The summed E-state index contributed by atoms with van der Waals surface area (Å²) >= 11 is 6.00. The minimum Gasteiger partial charge on any atom is -0.495 e. The van der Waals surface area contributed by atoms with Gasteiger partial charge >= 0.3 is 0 Å².